The van der Waals surface area contributed by atoms with Gasteiger partial charge in [-0.25, -0.2) is 13.1 Å². The smallest absolute Gasteiger partial charge is 0.208 e. The molecule has 0 saturated carbocycles. The Labute approximate surface area is 71.8 Å². The molecule has 6 heteroatoms. The molecule has 0 aliphatic carbocycles. The van der Waals surface area contributed by atoms with Crippen LogP contribution in [0.5, 0.6) is 0 Å². The summed E-state index contributed by atoms with van der Waals surface area (Å²) in [6, 6.07) is 0. The van der Waals surface area contributed by atoms with E-state index < -0.39 is 15.6 Å². The summed E-state index contributed by atoms with van der Waals surface area (Å²) in [6.07, 6.45) is 1.54. The second-order valence-corrected chi connectivity index (χ2v) is 4.95. The highest BCUT2D eigenvalue weighted by atomic mass is 32.2. The van der Waals surface area contributed by atoms with Crippen molar-refractivity contribution in [3.63, 3.8) is 0 Å². The molecule has 72 valence electrons. The lowest BCUT2D eigenvalue weighted by Gasteiger charge is -2.19. The van der Waals surface area contributed by atoms with Crippen LogP contribution in [0.4, 0.5) is 0 Å². The van der Waals surface area contributed by atoms with Gasteiger partial charge in [0.15, 0.2) is 0 Å². The third-order valence-electron chi connectivity index (χ3n) is 1.75. The molecule has 1 saturated heterocycles. The normalized spacial score (nSPS) is 30.8. The average molecular weight is 195 g/mol. The Morgan fingerprint density at radius 2 is 2.33 bits per heavy atom. The van der Waals surface area contributed by atoms with Gasteiger partial charge in [-0.2, -0.15) is 0 Å². The van der Waals surface area contributed by atoms with E-state index in [1.165, 1.54) is 0 Å². The molecule has 0 aromatic heterocycles. The minimum atomic E-state index is -3.22. The molecule has 0 radical (unpaired) electrons. The van der Waals surface area contributed by atoms with E-state index >= 15 is 0 Å². The molecule has 5 nitrogen and oxygen atoms in total. The van der Waals surface area contributed by atoms with Crippen LogP contribution in [0.2, 0.25) is 0 Å². The van der Waals surface area contributed by atoms with Crippen molar-refractivity contribution < 1.29 is 18.3 Å². The van der Waals surface area contributed by atoms with Crippen molar-refractivity contribution in [3.8, 4) is 0 Å². The highest BCUT2D eigenvalue weighted by Gasteiger charge is 2.32. The Morgan fingerprint density at radius 3 is 2.75 bits per heavy atom. The number of ether oxygens (including phenoxy) is 1. The molecule has 1 fully saturated rings. The minimum absolute atomic E-state index is 0.0336. The molecule has 1 aliphatic rings. The van der Waals surface area contributed by atoms with Gasteiger partial charge in [-0.05, 0) is 0 Å². The lowest BCUT2D eigenvalue weighted by Crippen LogP contribution is -2.42. The van der Waals surface area contributed by atoms with Crippen molar-refractivity contribution >= 4 is 10.0 Å². The van der Waals surface area contributed by atoms with Crippen molar-refractivity contribution in [2.24, 2.45) is 0 Å². The van der Waals surface area contributed by atoms with Crippen molar-refractivity contribution in [1.82, 2.24) is 4.72 Å². The molecule has 1 heterocycles. The van der Waals surface area contributed by atoms with Crippen LogP contribution in [0.1, 0.15) is 6.42 Å². The topological polar surface area (TPSA) is 75.6 Å². The Balaban J connectivity index is 2.41. The number of hydrogen-bond donors (Lipinski definition) is 2. The standard InChI is InChI=1S/C6H13NO4S/c1-12(9,10)7-4-6(8)2-3-11-5-6/h7-8H,2-5H2,1H3. The van der Waals surface area contributed by atoms with Gasteiger partial charge in [0.05, 0.1) is 12.9 Å². The number of rotatable bonds is 3. The van der Waals surface area contributed by atoms with Gasteiger partial charge in [-0.1, -0.05) is 0 Å². The molecule has 1 aliphatic heterocycles. The van der Waals surface area contributed by atoms with Crippen molar-refractivity contribution in [2.75, 3.05) is 26.0 Å². The summed E-state index contributed by atoms with van der Waals surface area (Å²) in [4.78, 5) is 0. The van der Waals surface area contributed by atoms with E-state index in [9.17, 15) is 13.5 Å². The van der Waals surface area contributed by atoms with Crippen LogP contribution in [0.15, 0.2) is 0 Å². The molecule has 0 aromatic carbocycles. The van der Waals surface area contributed by atoms with E-state index in [-0.39, 0.29) is 13.2 Å². The Hall–Kier alpha value is -0.170. The molecule has 0 bridgehead atoms. The maximum absolute atomic E-state index is 10.7. The second kappa shape index (κ2) is 3.29. The zero-order valence-corrected chi connectivity index (χ0v) is 7.73. The number of aliphatic hydroxyl groups is 1. The average Bonchev–Trinajstić information content (AvgIpc) is 2.32. The number of nitrogens with one attached hydrogen (secondary N) is 1. The van der Waals surface area contributed by atoms with Crippen molar-refractivity contribution in [2.45, 2.75) is 12.0 Å². The maximum atomic E-state index is 10.7. The molecular weight excluding hydrogens is 182 g/mol. The summed E-state index contributed by atoms with van der Waals surface area (Å²) in [5.74, 6) is 0. The van der Waals surface area contributed by atoms with Crippen LogP contribution in [0, 0.1) is 0 Å². The third-order valence-corrected chi connectivity index (χ3v) is 2.41. The molecule has 1 atom stereocenters. The zero-order chi connectivity index (χ0) is 9.24. The van der Waals surface area contributed by atoms with Crippen molar-refractivity contribution in [1.29, 1.82) is 0 Å². The van der Waals surface area contributed by atoms with Crippen LogP contribution in [-0.4, -0.2) is 45.1 Å². The first-order valence-electron chi connectivity index (χ1n) is 3.66. The number of hydrogen-bond acceptors (Lipinski definition) is 4. The fourth-order valence-electron chi connectivity index (χ4n) is 1.00. The highest BCUT2D eigenvalue weighted by molar-refractivity contribution is 7.88. The van der Waals surface area contributed by atoms with Gasteiger partial charge < -0.3 is 9.84 Å². The summed E-state index contributed by atoms with van der Waals surface area (Å²) in [7, 11) is -3.22. The van der Waals surface area contributed by atoms with Gasteiger partial charge in [0, 0.05) is 19.6 Å². The summed E-state index contributed by atoms with van der Waals surface area (Å²) in [5, 5.41) is 9.60. The van der Waals surface area contributed by atoms with Crippen LogP contribution in [0.3, 0.4) is 0 Å². The molecule has 0 spiro atoms. The van der Waals surface area contributed by atoms with E-state index in [1.807, 2.05) is 0 Å². The summed E-state index contributed by atoms with van der Waals surface area (Å²) in [6.45, 7) is 0.725. The molecular formula is C6H13NO4S. The molecule has 1 rings (SSSR count). The molecule has 0 amide bonds. The minimum Gasteiger partial charge on any atom is -0.386 e. The summed E-state index contributed by atoms with van der Waals surface area (Å²) >= 11 is 0. The fraction of sp³-hybridized carbons (Fsp3) is 1.00. The van der Waals surface area contributed by atoms with Gasteiger partial charge in [0.2, 0.25) is 10.0 Å². The van der Waals surface area contributed by atoms with Gasteiger partial charge in [-0.15, -0.1) is 0 Å². The first-order valence-corrected chi connectivity index (χ1v) is 5.55. The largest absolute Gasteiger partial charge is 0.386 e. The summed E-state index contributed by atoms with van der Waals surface area (Å²) in [5.41, 5.74) is -1.01. The first kappa shape index (κ1) is 9.91. The molecule has 2 N–H and O–H groups in total. The molecule has 0 aromatic rings. The maximum Gasteiger partial charge on any atom is 0.208 e. The lowest BCUT2D eigenvalue weighted by molar-refractivity contribution is 0.0315. The van der Waals surface area contributed by atoms with Gasteiger partial charge in [-0.3, -0.25) is 0 Å². The van der Waals surface area contributed by atoms with Crippen LogP contribution in [0.25, 0.3) is 0 Å². The van der Waals surface area contributed by atoms with E-state index in [4.69, 9.17) is 4.74 Å². The summed E-state index contributed by atoms with van der Waals surface area (Å²) < 4.78 is 28.5. The van der Waals surface area contributed by atoms with E-state index in [2.05, 4.69) is 4.72 Å². The third kappa shape index (κ3) is 3.06. The predicted octanol–water partition coefficient (Wildman–Crippen LogP) is -1.31. The SMILES string of the molecule is CS(=O)(=O)NCC1(O)CCOC1. The highest BCUT2D eigenvalue weighted by Crippen LogP contribution is 2.16. The quantitative estimate of drug-likeness (QED) is 0.586. The predicted molar refractivity (Wildman–Crippen MR) is 43.2 cm³/mol. The lowest BCUT2D eigenvalue weighted by atomic mass is 10.1. The van der Waals surface area contributed by atoms with Gasteiger partial charge >= 0.3 is 0 Å². The van der Waals surface area contributed by atoms with E-state index in [1.54, 1.807) is 0 Å². The molecule has 12 heavy (non-hydrogen) atoms. The Bertz CT molecular complexity index is 242. The number of sulfonamides is 1. The first-order chi connectivity index (χ1) is 5.41. The van der Waals surface area contributed by atoms with Crippen molar-refractivity contribution in [3.05, 3.63) is 0 Å². The monoisotopic (exact) mass is 195 g/mol. The van der Waals surface area contributed by atoms with E-state index in [0.717, 1.165) is 6.26 Å². The Morgan fingerprint density at radius 1 is 1.67 bits per heavy atom. The van der Waals surface area contributed by atoms with Crippen LogP contribution >= 0.6 is 0 Å². The van der Waals surface area contributed by atoms with E-state index in [0.29, 0.717) is 13.0 Å². The molecule has 1 unspecified atom stereocenters. The van der Waals surface area contributed by atoms with Gasteiger partial charge in [0.25, 0.3) is 0 Å². The van der Waals surface area contributed by atoms with Crippen LogP contribution < -0.4 is 4.72 Å². The van der Waals surface area contributed by atoms with Crippen LogP contribution in [-0.2, 0) is 14.8 Å². The Kier molecular flexibility index (Phi) is 2.72. The zero-order valence-electron chi connectivity index (χ0n) is 6.91. The second-order valence-electron chi connectivity index (χ2n) is 3.12. The fourth-order valence-corrected chi connectivity index (χ4v) is 1.53. The van der Waals surface area contributed by atoms with Gasteiger partial charge in [0.1, 0.15) is 5.60 Å².